The van der Waals surface area contributed by atoms with E-state index in [4.69, 9.17) is 11.6 Å². The van der Waals surface area contributed by atoms with Gasteiger partial charge < -0.3 is 5.32 Å². The molecule has 0 aliphatic carbocycles. The van der Waals surface area contributed by atoms with Crippen LogP contribution in [0.2, 0.25) is 5.02 Å². The molecule has 3 amide bonds. The molecular weight excluding hydrogens is 346 g/mol. The van der Waals surface area contributed by atoms with Crippen LogP contribution in [0.5, 0.6) is 0 Å². The molecule has 3 rings (SSSR count). The summed E-state index contributed by atoms with van der Waals surface area (Å²) in [5.74, 6) is -0.474. The molecule has 0 aromatic heterocycles. The number of nitro benzene ring substituents is 1. The second kappa shape index (κ2) is 6.18. The fraction of sp³-hybridized carbons (Fsp3) is 0.176. The van der Waals surface area contributed by atoms with Gasteiger partial charge in [0.2, 0.25) is 0 Å². The van der Waals surface area contributed by atoms with Gasteiger partial charge in [0.05, 0.1) is 11.5 Å². The average molecular weight is 360 g/mol. The number of rotatable bonds is 4. The molecule has 1 aliphatic rings. The Morgan fingerprint density at radius 1 is 1.16 bits per heavy atom. The fourth-order valence-corrected chi connectivity index (χ4v) is 2.94. The monoisotopic (exact) mass is 359 g/mol. The maximum Gasteiger partial charge on any atom is 0.325 e. The Morgan fingerprint density at radius 2 is 1.80 bits per heavy atom. The topological polar surface area (TPSA) is 92.6 Å². The van der Waals surface area contributed by atoms with Crippen molar-refractivity contribution >= 4 is 29.2 Å². The summed E-state index contributed by atoms with van der Waals surface area (Å²) < 4.78 is 0. The minimum absolute atomic E-state index is 0.136. The Bertz CT molecular complexity index is 868. The first-order valence-corrected chi connectivity index (χ1v) is 7.83. The van der Waals surface area contributed by atoms with Crippen LogP contribution in [-0.4, -0.2) is 21.8 Å². The van der Waals surface area contributed by atoms with Crippen molar-refractivity contribution in [2.45, 2.75) is 19.0 Å². The molecule has 1 saturated heterocycles. The summed E-state index contributed by atoms with van der Waals surface area (Å²) in [6, 6.07) is 12.0. The summed E-state index contributed by atoms with van der Waals surface area (Å²) in [4.78, 5) is 36.7. The second-order valence-corrected chi connectivity index (χ2v) is 6.28. The molecule has 2 aromatic rings. The predicted octanol–water partition coefficient (Wildman–Crippen LogP) is 3.22. The van der Waals surface area contributed by atoms with Crippen molar-refractivity contribution in [2.75, 3.05) is 0 Å². The van der Waals surface area contributed by atoms with E-state index in [1.165, 1.54) is 18.2 Å². The van der Waals surface area contributed by atoms with Crippen LogP contribution in [0.1, 0.15) is 18.1 Å². The number of hydrogen-bond acceptors (Lipinski definition) is 4. The van der Waals surface area contributed by atoms with Crippen molar-refractivity contribution in [3.05, 3.63) is 74.8 Å². The maximum absolute atomic E-state index is 12.8. The number of carbonyl (C=O) groups excluding carboxylic acids is 2. The van der Waals surface area contributed by atoms with Gasteiger partial charge in [-0.3, -0.25) is 19.8 Å². The molecule has 2 aromatic carbocycles. The number of carbonyl (C=O) groups is 2. The minimum Gasteiger partial charge on any atom is -0.319 e. The molecule has 1 unspecified atom stereocenters. The van der Waals surface area contributed by atoms with Crippen LogP contribution in [0.4, 0.5) is 10.5 Å². The van der Waals surface area contributed by atoms with E-state index in [2.05, 4.69) is 5.32 Å². The van der Waals surface area contributed by atoms with E-state index in [1.807, 2.05) is 0 Å². The Hall–Kier alpha value is -2.93. The number of halogens is 1. The number of nitro groups is 1. The molecule has 0 bridgehead atoms. The van der Waals surface area contributed by atoms with Crippen LogP contribution < -0.4 is 5.32 Å². The molecule has 1 N–H and O–H groups in total. The second-order valence-electron chi connectivity index (χ2n) is 5.84. The van der Waals surface area contributed by atoms with Gasteiger partial charge in [-0.15, -0.1) is 0 Å². The molecule has 0 radical (unpaired) electrons. The molecule has 7 nitrogen and oxygen atoms in total. The lowest BCUT2D eigenvalue weighted by atomic mass is 9.92. The van der Waals surface area contributed by atoms with Gasteiger partial charge in [-0.25, -0.2) is 4.79 Å². The standard InChI is InChI=1S/C17H14ClN3O4/c1-17(12-6-8-13(18)9-7-12)15(22)20(16(23)19-17)10-11-4-2-3-5-14(11)21(24)25/h2-9H,10H2,1H3,(H,19,23). The average Bonchev–Trinajstić information content (AvgIpc) is 2.80. The van der Waals surface area contributed by atoms with Crippen molar-refractivity contribution < 1.29 is 14.5 Å². The van der Waals surface area contributed by atoms with E-state index in [0.29, 0.717) is 10.6 Å². The number of urea groups is 1. The summed E-state index contributed by atoms with van der Waals surface area (Å²) in [6.07, 6.45) is 0. The zero-order valence-corrected chi connectivity index (χ0v) is 14.0. The first-order chi connectivity index (χ1) is 11.8. The van der Waals surface area contributed by atoms with Crippen molar-refractivity contribution in [1.29, 1.82) is 0 Å². The predicted molar refractivity (Wildman–Crippen MR) is 91.0 cm³/mol. The van der Waals surface area contributed by atoms with Crippen molar-refractivity contribution in [3.8, 4) is 0 Å². The fourth-order valence-electron chi connectivity index (χ4n) is 2.81. The van der Waals surface area contributed by atoms with Gasteiger partial charge in [-0.05, 0) is 24.6 Å². The smallest absolute Gasteiger partial charge is 0.319 e. The minimum atomic E-state index is -1.24. The third kappa shape index (κ3) is 2.94. The highest BCUT2D eigenvalue weighted by Crippen LogP contribution is 2.31. The summed E-state index contributed by atoms with van der Waals surface area (Å²) in [7, 11) is 0. The quantitative estimate of drug-likeness (QED) is 0.515. The van der Waals surface area contributed by atoms with Gasteiger partial charge in [-0.2, -0.15) is 0 Å². The highest BCUT2D eigenvalue weighted by atomic mass is 35.5. The van der Waals surface area contributed by atoms with E-state index in [-0.39, 0.29) is 17.8 Å². The summed E-state index contributed by atoms with van der Waals surface area (Å²) in [5, 5.41) is 14.3. The SMILES string of the molecule is CC1(c2ccc(Cl)cc2)NC(=O)N(Cc2ccccc2[N+](=O)[O-])C1=O. The Balaban J connectivity index is 1.92. The summed E-state index contributed by atoms with van der Waals surface area (Å²) >= 11 is 5.87. The molecule has 1 atom stereocenters. The number of imide groups is 1. The first-order valence-electron chi connectivity index (χ1n) is 7.45. The van der Waals surface area contributed by atoms with Crippen LogP contribution in [0.3, 0.4) is 0 Å². The number of hydrogen-bond donors (Lipinski definition) is 1. The Labute approximate surface area is 148 Å². The van der Waals surface area contributed by atoms with Crippen molar-refractivity contribution in [3.63, 3.8) is 0 Å². The highest BCUT2D eigenvalue weighted by Gasteiger charge is 2.49. The zero-order valence-electron chi connectivity index (χ0n) is 13.2. The maximum atomic E-state index is 12.8. The van der Waals surface area contributed by atoms with Gasteiger partial charge in [0, 0.05) is 16.7 Å². The molecule has 1 heterocycles. The van der Waals surface area contributed by atoms with Crippen LogP contribution in [0.25, 0.3) is 0 Å². The van der Waals surface area contributed by atoms with Gasteiger partial charge >= 0.3 is 6.03 Å². The Morgan fingerprint density at radius 3 is 2.44 bits per heavy atom. The molecule has 0 spiro atoms. The van der Waals surface area contributed by atoms with Gasteiger partial charge in [0.25, 0.3) is 11.6 Å². The lowest BCUT2D eigenvalue weighted by Gasteiger charge is -2.22. The highest BCUT2D eigenvalue weighted by molar-refractivity contribution is 6.30. The molecule has 128 valence electrons. The zero-order chi connectivity index (χ0) is 18.2. The van der Waals surface area contributed by atoms with Crippen LogP contribution in [0, 0.1) is 10.1 Å². The third-order valence-corrected chi connectivity index (χ3v) is 4.47. The lowest BCUT2D eigenvalue weighted by molar-refractivity contribution is -0.385. The van der Waals surface area contributed by atoms with Crippen molar-refractivity contribution in [2.24, 2.45) is 0 Å². The van der Waals surface area contributed by atoms with E-state index >= 15 is 0 Å². The van der Waals surface area contributed by atoms with Crippen molar-refractivity contribution in [1.82, 2.24) is 10.2 Å². The molecule has 0 saturated carbocycles. The number of amides is 3. The number of benzene rings is 2. The largest absolute Gasteiger partial charge is 0.325 e. The normalized spacial score (nSPS) is 19.8. The molecular formula is C17H14ClN3O4. The van der Waals surface area contributed by atoms with Gasteiger partial charge in [0.1, 0.15) is 5.54 Å². The number of nitrogens with zero attached hydrogens (tertiary/aromatic N) is 2. The number of nitrogens with one attached hydrogen (secondary N) is 1. The lowest BCUT2D eigenvalue weighted by Crippen LogP contribution is -2.40. The van der Waals surface area contributed by atoms with E-state index < -0.39 is 22.4 Å². The van der Waals surface area contributed by atoms with Gasteiger partial charge in [-0.1, -0.05) is 41.9 Å². The molecule has 1 fully saturated rings. The van der Waals surface area contributed by atoms with E-state index in [9.17, 15) is 19.7 Å². The van der Waals surface area contributed by atoms with Crippen LogP contribution in [-0.2, 0) is 16.9 Å². The summed E-state index contributed by atoms with van der Waals surface area (Å²) in [5.41, 5.74) is -0.509. The van der Waals surface area contributed by atoms with E-state index in [0.717, 1.165) is 4.90 Å². The van der Waals surface area contributed by atoms with Crippen LogP contribution in [0.15, 0.2) is 48.5 Å². The third-order valence-electron chi connectivity index (χ3n) is 4.21. The summed E-state index contributed by atoms with van der Waals surface area (Å²) in [6.45, 7) is 1.42. The molecule has 25 heavy (non-hydrogen) atoms. The van der Waals surface area contributed by atoms with E-state index in [1.54, 1.807) is 37.3 Å². The first kappa shape index (κ1) is 16.9. The molecule has 8 heteroatoms. The van der Waals surface area contributed by atoms with Gasteiger partial charge in [0.15, 0.2) is 0 Å². The molecule has 1 aliphatic heterocycles. The van der Waals surface area contributed by atoms with Crippen LogP contribution >= 0.6 is 11.6 Å². The number of para-hydroxylation sites is 1. The Kier molecular flexibility index (Phi) is 4.18.